The molecule has 3 atom stereocenters. The van der Waals surface area contributed by atoms with Gasteiger partial charge >= 0.3 is 18.4 Å². The third kappa shape index (κ3) is 7.16. The van der Waals surface area contributed by atoms with Crippen LogP contribution in [0.4, 0.5) is 27.6 Å². The Morgan fingerprint density at radius 3 is 2.27 bits per heavy atom. The van der Waals surface area contributed by atoms with Crippen molar-refractivity contribution in [1.82, 2.24) is 0 Å². The summed E-state index contributed by atoms with van der Waals surface area (Å²) in [6, 6.07) is 7.83. The zero-order valence-electron chi connectivity index (χ0n) is 22.2. The van der Waals surface area contributed by atoms with E-state index in [0.717, 1.165) is 38.0 Å². The van der Waals surface area contributed by atoms with E-state index in [-0.39, 0.29) is 40.3 Å². The summed E-state index contributed by atoms with van der Waals surface area (Å²) in [6.07, 6.45) is -6.89. The average Bonchev–Trinajstić information content (AvgIpc) is 3.59. The maximum atomic E-state index is 13.8. The first-order valence-electron chi connectivity index (χ1n) is 12.7. The van der Waals surface area contributed by atoms with Gasteiger partial charge < -0.3 is 19.5 Å². The summed E-state index contributed by atoms with van der Waals surface area (Å²) in [5.74, 6) is -6.33. The maximum Gasteiger partial charge on any atom is 0.586 e. The van der Waals surface area contributed by atoms with Gasteiger partial charge in [0.15, 0.2) is 11.5 Å². The van der Waals surface area contributed by atoms with Crippen molar-refractivity contribution in [3.05, 3.63) is 52.5 Å². The fraction of sp³-hybridized carbons (Fsp3) is 0.500. The number of carbonyl (C=O) groups is 2. The Balaban J connectivity index is 1.62. The number of nitrogens with one attached hydrogen (secondary N) is 1. The molecule has 1 aliphatic heterocycles. The lowest BCUT2D eigenvalue weighted by atomic mass is 9.85. The lowest BCUT2D eigenvalue weighted by Crippen LogP contribution is -2.34. The summed E-state index contributed by atoms with van der Waals surface area (Å²) >= 11 is 6.31. The van der Waals surface area contributed by atoms with E-state index in [1.165, 1.54) is 6.07 Å². The van der Waals surface area contributed by atoms with Crippen LogP contribution in [0.3, 0.4) is 0 Å². The molecule has 0 radical (unpaired) electrons. The van der Waals surface area contributed by atoms with Crippen molar-refractivity contribution in [2.45, 2.75) is 76.9 Å². The highest BCUT2D eigenvalue weighted by molar-refractivity contribution is 6.33. The second kappa shape index (κ2) is 10.7. The van der Waals surface area contributed by atoms with Crippen LogP contribution in [0.25, 0.3) is 0 Å². The molecule has 1 aliphatic carbocycles. The highest BCUT2D eigenvalue weighted by Crippen LogP contribution is 2.47. The van der Waals surface area contributed by atoms with Gasteiger partial charge in [0.05, 0.1) is 29.0 Å². The molecule has 1 heterocycles. The lowest BCUT2D eigenvalue weighted by molar-refractivity contribution is -0.286. The van der Waals surface area contributed by atoms with E-state index in [1.807, 2.05) is 0 Å². The van der Waals surface area contributed by atoms with Crippen LogP contribution < -0.4 is 14.8 Å². The number of carbonyl (C=O) groups excluding carboxylic acids is 2. The molecular weight excluding hydrogens is 561 g/mol. The molecule has 1 amide bonds. The number of anilines is 1. The normalized spacial score (nSPS) is 18.6. The van der Waals surface area contributed by atoms with Gasteiger partial charge in [0, 0.05) is 0 Å². The molecule has 1 fully saturated rings. The molecule has 2 aliphatic rings. The van der Waals surface area contributed by atoms with Crippen molar-refractivity contribution in [1.29, 1.82) is 0 Å². The van der Waals surface area contributed by atoms with Crippen molar-refractivity contribution < 1.29 is 45.8 Å². The first-order valence-corrected chi connectivity index (χ1v) is 13.1. The van der Waals surface area contributed by atoms with Gasteiger partial charge in [-0.05, 0) is 80.8 Å². The van der Waals surface area contributed by atoms with E-state index >= 15 is 0 Å². The number of halogens is 6. The quantitative estimate of drug-likeness (QED) is 0.251. The summed E-state index contributed by atoms with van der Waals surface area (Å²) in [4.78, 5) is 25.9. The van der Waals surface area contributed by atoms with Crippen molar-refractivity contribution in [2.75, 3.05) is 5.32 Å². The number of ether oxygens (including phenoxy) is 3. The zero-order valence-corrected chi connectivity index (χ0v) is 23.0. The van der Waals surface area contributed by atoms with Crippen molar-refractivity contribution in [3.8, 4) is 11.5 Å². The molecule has 0 bridgehead atoms. The van der Waals surface area contributed by atoms with Gasteiger partial charge in [0.2, 0.25) is 5.91 Å². The molecule has 4 rings (SSSR count). The van der Waals surface area contributed by atoms with Crippen LogP contribution in [0.2, 0.25) is 5.02 Å². The summed E-state index contributed by atoms with van der Waals surface area (Å²) in [7, 11) is 0. The highest BCUT2D eigenvalue weighted by atomic mass is 35.5. The van der Waals surface area contributed by atoms with Crippen LogP contribution in [0.15, 0.2) is 36.4 Å². The second-order valence-corrected chi connectivity index (χ2v) is 11.6. The molecule has 12 heteroatoms. The Hall–Kier alpha value is -3.08. The van der Waals surface area contributed by atoms with E-state index < -0.39 is 47.5 Å². The van der Waals surface area contributed by atoms with Gasteiger partial charge in [-0.2, -0.15) is 13.2 Å². The summed E-state index contributed by atoms with van der Waals surface area (Å²) < 4.78 is 82.6. The number of fused-ring (bicyclic) bond motifs is 1. The molecule has 1 N–H and O–H groups in total. The summed E-state index contributed by atoms with van der Waals surface area (Å²) in [5, 5.41) is 2.56. The van der Waals surface area contributed by atoms with Gasteiger partial charge in [-0.1, -0.05) is 30.7 Å². The smallest absolute Gasteiger partial charge is 0.460 e. The monoisotopic (exact) mass is 589 g/mol. The van der Waals surface area contributed by atoms with Crippen molar-refractivity contribution in [3.63, 3.8) is 0 Å². The van der Waals surface area contributed by atoms with E-state index in [4.69, 9.17) is 16.3 Å². The third-order valence-electron chi connectivity index (χ3n) is 6.76. The summed E-state index contributed by atoms with van der Waals surface area (Å²) in [6.45, 7) is 6.11. The standard InChI is InChI=1S/C28H29ClF5NO5/c1-14(27(30,31)32)24(17-8-10-21-22(12-17)39-28(33,34)38-21)25(37)35-20-11-16(7-9-19(20)29)18(15-5-6-15)13-23(36)40-26(2,3)4/h7-12,14-15,18,24H,5-6,13H2,1-4H3,(H,35,37)/t14-,18+,24-/m1/s1. The maximum absolute atomic E-state index is 13.8. The Morgan fingerprint density at radius 2 is 1.68 bits per heavy atom. The average molecular weight is 590 g/mol. The number of rotatable bonds is 8. The van der Waals surface area contributed by atoms with E-state index in [1.54, 1.807) is 32.9 Å². The van der Waals surface area contributed by atoms with Gasteiger partial charge in [-0.25, -0.2) is 0 Å². The molecule has 218 valence electrons. The molecule has 40 heavy (non-hydrogen) atoms. The van der Waals surface area contributed by atoms with Crippen LogP contribution in [-0.2, 0) is 14.3 Å². The van der Waals surface area contributed by atoms with Crippen molar-refractivity contribution >= 4 is 29.2 Å². The Morgan fingerprint density at radius 1 is 1.05 bits per heavy atom. The Bertz CT molecular complexity index is 1290. The zero-order chi connectivity index (χ0) is 29.6. The van der Waals surface area contributed by atoms with Crippen LogP contribution in [-0.4, -0.2) is 29.9 Å². The van der Waals surface area contributed by atoms with Crippen LogP contribution >= 0.6 is 11.6 Å². The fourth-order valence-corrected chi connectivity index (χ4v) is 4.88. The number of esters is 1. The number of hydrogen-bond acceptors (Lipinski definition) is 5. The molecule has 0 spiro atoms. The minimum absolute atomic E-state index is 0.0608. The van der Waals surface area contributed by atoms with Gasteiger partial charge in [0.1, 0.15) is 5.60 Å². The number of benzene rings is 2. The fourth-order valence-electron chi connectivity index (χ4n) is 4.71. The Kier molecular flexibility index (Phi) is 8.01. The second-order valence-electron chi connectivity index (χ2n) is 11.1. The molecule has 0 aromatic heterocycles. The van der Waals surface area contributed by atoms with Crippen LogP contribution in [0.5, 0.6) is 11.5 Å². The van der Waals surface area contributed by atoms with Gasteiger partial charge in [-0.15, -0.1) is 8.78 Å². The van der Waals surface area contributed by atoms with Crippen molar-refractivity contribution in [2.24, 2.45) is 11.8 Å². The molecule has 2 aromatic carbocycles. The molecule has 6 nitrogen and oxygen atoms in total. The predicted molar refractivity (Wildman–Crippen MR) is 137 cm³/mol. The molecule has 0 unspecified atom stereocenters. The number of alkyl halides is 5. The molecule has 1 saturated carbocycles. The van der Waals surface area contributed by atoms with Crippen LogP contribution in [0.1, 0.15) is 69.9 Å². The largest absolute Gasteiger partial charge is 0.586 e. The lowest BCUT2D eigenvalue weighted by Gasteiger charge is -2.26. The minimum atomic E-state index is -4.79. The molecular formula is C28H29ClF5NO5. The SMILES string of the molecule is C[C@H]([C@@H](C(=O)Nc1cc([C@@H](CC(=O)OC(C)(C)C)C2CC2)ccc1Cl)c1ccc2c(c1)OC(F)(F)O2)C(F)(F)F. The molecule has 0 saturated heterocycles. The van der Waals surface area contributed by atoms with Gasteiger partial charge in [-0.3, -0.25) is 9.59 Å². The van der Waals surface area contributed by atoms with E-state index in [9.17, 15) is 31.5 Å². The van der Waals surface area contributed by atoms with E-state index in [0.29, 0.717) is 5.56 Å². The third-order valence-corrected chi connectivity index (χ3v) is 7.09. The molecule has 2 aromatic rings. The first kappa shape index (κ1) is 29.9. The number of amides is 1. The Labute approximate surface area is 233 Å². The minimum Gasteiger partial charge on any atom is -0.460 e. The van der Waals surface area contributed by atoms with Crippen LogP contribution in [0, 0.1) is 11.8 Å². The van der Waals surface area contributed by atoms with Gasteiger partial charge in [0.25, 0.3) is 0 Å². The summed E-state index contributed by atoms with van der Waals surface area (Å²) in [5.41, 5.74) is -0.126. The topological polar surface area (TPSA) is 73.9 Å². The highest BCUT2D eigenvalue weighted by Gasteiger charge is 2.47. The number of hydrogen-bond donors (Lipinski definition) is 1. The van der Waals surface area contributed by atoms with E-state index in [2.05, 4.69) is 14.8 Å². The first-order chi connectivity index (χ1) is 18.4. The predicted octanol–water partition coefficient (Wildman–Crippen LogP) is 7.81.